The number of rotatable bonds is 1. The van der Waals surface area contributed by atoms with Crippen molar-refractivity contribution in [3.63, 3.8) is 0 Å². The molecule has 12 heavy (non-hydrogen) atoms. The average Bonchev–Trinajstić information content (AvgIpc) is 2.65. The van der Waals surface area contributed by atoms with Crippen LogP contribution in [-0.2, 0) is 4.74 Å². The Morgan fingerprint density at radius 2 is 1.75 bits per heavy atom. The maximum Gasteiger partial charge on any atom is 0.481 e. The van der Waals surface area contributed by atoms with Crippen molar-refractivity contribution in [2.45, 2.75) is 25.1 Å². The van der Waals surface area contributed by atoms with Gasteiger partial charge in [-0.05, 0) is 18.3 Å². The number of ether oxygens (including phenoxy) is 1. The topological polar surface area (TPSA) is 9.23 Å². The smallest absolute Gasteiger partial charge is 0.449 e. The Balaban J connectivity index is 1.99. The van der Waals surface area contributed by atoms with Crippen LogP contribution in [0.5, 0.6) is 0 Å². The fourth-order valence-corrected chi connectivity index (χ4v) is 2.27. The maximum atomic E-state index is 12.3. The van der Waals surface area contributed by atoms with Crippen LogP contribution in [0.4, 0.5) is 12.9 Å². The predicted octanol–water partition coefficient (Wildman–Crippen LogP) is 2.40. The molecule has 0 aromatic rings. The molecule has 0 aromatic carbocycles. The van der Waals surface area contributed by atoms with E-state index in [1.807, 2.05) is 0 Å². The molecular weight excluding hydrogens is 168 g/mol. The maximum absolute atomic E-state index is 12.3. The summed E-state index contributed by atoms with van der Waals surface area (Å²) in [6.07, 6.45) is 1.58. The van der Waals surface area contributed by atoms with E-state index >= 15 is 0 Å². The van der Waals surface area contributed by atoms with Crippen molar-refractivity contribution in [2.75, 3.05) is 13.2 Å². The highest BCUT2D eigenvalue weighted by Gasteiger charge is 2.61. The number of hydrogen-bond acceptors (Lipinski definition) is 1. The van der Waals surface area contributed by atoms with Crippen molar-refractivity contribution < 1.29 is 17.7 Å². The fourth-order valence-electron chi connectivity index (χ4n) is 2.27. The molecule has 0 amide bonds. The van der Waals surface area contributed by atoms with Gasteiger partial charge in [0, 0.05) is 13.2 Å². The van der Waals surface area contributed by atoms with Gasteiger partial charge in [-0.15, -0.1) is 0 Å². The molecule has 1 nitrogen and oxygen atoms in total. The predicted molar refractivity (Wildman–Crippen MR) is 39.9 cm³/mol. The van der Waals surface area contributed by atoms with Crippen molar-refractivity contribution in [3.8, 4) is 0 Å². The Hall–Kier alpha value is -0.185. The van der Waals surface area contributed by atoms with Crippen LogP contribution in [0.2, 0.25) is 5.82 Å². The van der Waals surface area contributed by atoms with Crippen molar-refractivity contribution in [2.24, 2.45) is 5.41 Å². The standard InChI is InChI=1S/C7H11BF3O/c9-8(10,11)6-5-7(6)1-3-12-4-2-7/h6H,1-5H2/q-1. The Labute approximate surface area is 69.3 Å². The van der Waals surface area contributed by atoms with Gasteiger partial charge < -0.3 is 17.7 Å². The summed E-state index contributed by atoms with van der Waals surface area (Å²) in [7, 11) is 0. The summed E-state index contributed by atoms with van der Waals surface area (Å²) in [6, 6.07) is 0. The van der Waals surface area contributed by atoms with Crippen molar-refractivity contribution in [1.29, 1.82) is 0 Å². The largest absolute Gasteiger partial charge is 0.481 e. The molecule has 2 fully saturated rings. The molecule has 0 aromatic heterocycles. The Bertz CT molecular complexity index is 186. The normalized spacial score (nSPS) is 33.8. The third-order valence-corrected chi connectivity index (χ3v) is 3.20. The second-order valence-electron chi connectivity index (χ2n) is 3.91. The fraction of sp³-hybridized carbons (Fsp3) is 1.00. The van der Waals surface area contributed by atoms with Crippen molar-refractivity contribution in [3.05, 3.63) is 0 Å². The zero-order valence-electron chi connectivity index (χ0n) is 6.73. The molecule has 70 valence electrons. The molecule has 1 aliphatic heterocycles. The molecule has 5 heteroatoms. The van der Waals surface area contributed by atoms with Gasteiger partial charge in [-0.25, -0.2) is 0 Å². The number of halogens is 3. The molecule has 1 atom stereocenters. The highest BCUT2D eigenvalue weighted by Crippen LogP contribution is 2.68. The molecule has 2 aliphatic rings. The Morgan fingerprint density at radius 1 is 1.17 bits per heavy atom. The lowest BCUT2D eigenvalue weighted by molar-refractivity contribution is 0.0566. The summed E-state index contributed by atoms with van der Waals surface area (Å²) in [5.74, 6) is -0.971. The highest BCUT2D eigenvalue weighted by atomic mass is 19.4. The van der Waals surface area contributed by atoms with E-state index < -0.39 is 18.2 Å². The van der Waals surface area contributed by atoms with Gasteiger partial charge >= 0.3 is 6.98 Å². The minimum Gasteiger partial charge on any atom is -0.449 e. The van der Waals surface area contributed by atoms with Gasteiger partial charge in [0.15, 0.2) is 0 Å². The van der Waals surface area contributed by atoms with Crippen LogP contribution in [0, 0.1) is 5.41 Å². The molecule has 0 radical (unpaired) electrons. The van der Waals surface area contributed by atoms with Crippen LogP contribution in [-0.4, -0.2) is 20.2 Å². The van der Waals surface area contributed by atoms with Crippen LogP contribution >= 0.6 is 0 Å². The monoisotopic (exact) mass is 179 g/mol. The summed E-state index contributed by atoms with van der Waals surface area (Å²) >= 11 is 0. The molecule has 1 saturated heterocycles. The van der Waals surface area contributed by atoms with Gasteiger partial charge in [0.05, 0.1) is 0 Å². The van der Waals surface area contributed by atoms with Gasteiger partial charge in [-0.2, -0.15) is 0 Å². The highest BCUT2D eigenvalue weighted by molar-refractivity contribution is 6.61. The van der Waals surface area contributed by atoms with Gasteiger partial charge in [0.2, 0.25) is 0 Å². The first-order valence-corrected chi connectivity index (χ1v) is 4.32. The summed E-state index contributed by atoms with van der Waals surface area (Å²) in [6.45, 7) is -3.56. The van der Waals surface area contributed by atoms with E-state index in [1.165, 1.54) is 0 Å². The van der Waals surface area contributed by atoms with Crippen LogP contribution in [0.25, 0.3) is 0 Å². The first kappa shape index (κ1) is 8.41. The molecule has 1 heterocycles. The zero-order valence-corrected chi connectivity index (χ0v) is 6.73. The molecule has 0 N–H and O–H groups in total. The van der Waals surface area contributed by atoms with E-state index in [2.05, 4.69) is 0 Å². The second-order valence-corrected chi connectivity index (χ2v) is 3.91. The van der Waals surface area contributed by atoms with E-state index in [0.717, 1.165) is 0 Å². The SMILES string of the molecule is F[B-](F)(F)C1CC12CCOCC2. The van der Waals surface area contributed by atoms with Gasteiger partial charge in [-0.1, -0.05) is 12.2 Å². The van der Waals surface area contributed by atoms with E-state index in [9.17, 15) is 12.9 Å². The average molecular weight is 179 g/mol. The molecule has 1 unspecified atom stereocenters. The van der Waals surface area contributed by atoms with Crippen LogP contribution in [0.15, 0.2) is 0 Å². The summed E-state index contributed by atoms with van der Waals surface area (Å²) in [5.41, 5.74) is -0.392. The van der Waals surface area contributed by atoms with Crippen LogP contribution < -0.4 is 0 Å². The first-order chi connectivity index (χ1) is 5.55. The third kappa shape index (κ3) is 1.24. The molecule has 2 rings (SSSR count). The van der Waals surface area contributed by atoms with E-state index in [4.69, 9.17) is 4.74 Å². The van der Waals surface area contributed by atoms with Crippen LogP contribution in [0.1, 0.15) is 19.3 Å². The van der Waals surface area contributed by atoms with Gasteiger partial charge in [0.25, 0.3) is 0 Å². The lowest BCUT2D eigenvalue weighted by Gasteiger charge is -2.26. The Kier molecular flexibility index (Phi) is 1.69. The quantitative estimate of drug-likeness (QED) is 0.561. The van der Waals surface area contributed by atoms with E-state index in [0.29, 0.717) is 32.5 Å². The van der Waals surface area contributed by atoms with E-state index in [1.54, 1.807) is 0 Å². The molecular formula is C7H11BF3O-. The first-order valence-electron chi connectivity index (χ1n) is 4.32. The van der Waals surface area contributed by atoms with Crippen molar-refractivity contribution >= 4 is 6.98 Å². The van der Waals surface area contributed by atoms with E-state index in [-0.39, 0.29) is 0 Å². The minimum atomic E-state index is -4.59. The Morgan fingerprint density at radius 3 is 2.17 bits per heavy atom. The lowest BCUT2D eigenvalue weighted by atomic mass is 9.75. The molecule has 1 spiro atoms. The summed E-state index contributed by atoms with van der Waals surface area (Å²) < 4.78 is 41.9. The minimum absolute atomic E-state index is 0.361. The van der Waals surface area contributed by atoms with Gasteiger partial charge in [-0.3, -0.25) is 0 Å². The van der Waals surface area contributed by atoms with Crippen molar-refractivity contribution in [1.82, 2.24) is 0 Å². The molecule has 1 saturated carbocycles. The zero-order chi connectivity index (χ0) is 8.82. The second kappa shape index (κ2) is 2.40. The van der Waals surface area contributed by atoms with Crippen LogP contribution in [0.3, 0.4) is 0 Å². The lowest BCUT2D eigenvalue weighted by Crippen LogP contribution is -2.24. The molecule has 1 aliphatic carbocycles. The summed E-state index contributed by atoms with van der Waals surface area (Å²) in [4.78, 5) is 0. The molecule has 0 bridgehead atoms. The number of hydrogen-bond donors (Lipinski definition) is 0. The summed E-state index contributed by atoms with van der Waals surface area (Å²) in [5, 5.41) is 0. The van der Waals surface area contributed by atoms with Gasteiger partial charge in [0.1, 0.15) is 0 Å². The third-order valence-electron chi connectivity index (χ3n) is 3.20.